The van der Waals surface area contributed by atoms with E-state index < -0.39 is 25.6 Å². The normalized spacial score (nSPS) is 17.6. The Balaban J connectivity index is 1.31. The fourth-order valence-electron chi connectivity index (χ4n) is 5.97. The summed E-state index contributed by atoms with van der Waals surface area (Å²) in [6, 6.07) is 17.4. The highest BCUT2D eigenvalue weighted by Crippen LogP contribution is 2.56. The van der Waals surface area contributed by atoms with Gasteiger partial charge in [-0.3, -0.25) is 9.89 Å². The first-order valence-corrected chi connectivity index (χ1v) is 17.7. The summed E-state index contributed by atoms with van der Waals surface area (Å²) in [6.45, 7) is 10.9. The van der Waals surface area contributed by atoms with Crippen LogP contribution in [0.1, 0.15) is 66.3 Å². The van der Waals surface area contributed by atoms with Crippen LogP contribution < -0.4 is 10.6 Å². The molecule has 3 N–H and O–H groups in total. The van der Waals surface area contributed by atoms with Crippen LogP contribution in [0, 0.1) is 0 Å². The van der Waals surface area contributed by atoms with Crippen molar-refractivity contribution in [3.8, 4) is 0 Å². The Kier molecular flexibility index (Phi) is 7.54. The number of H-pyrrole nitrogens is 1. The lowest BCUT2D eigenvalue weighted by Gasteiger charge is -2.48. The lowest BCUT2D eigenvalue weighted by molar-refractivity contribution is -0.121. The summed E-state index contributed by atoms with van der Waals surface area (Å²) in [7, 11) is -1.75. The molecule has 1 aliphatic heterocycles. The van der Waals surface area contributed by atoms with Crippen LogP contribution >= 0.6 is 0 Å². The van der Waals surface area contributed by atoms with E-state index >= 15 is 0 Å². The third-order valence-electron chi connectivity index (χ3n) is 8.91. The van der Waals surface area contributed by atoms with E-state index in [0.29, 0.717) is 11.4 Å². The molecule has 216 valence electrons. The van der Waals surface area contributed by atoms with Crippen LogP contribution in [-0.2, 0) is 21.6 Å². The van der Waals surface area contributed by atoms with Crippen LogP contribution in [0.15, 0.2) is 60.7 Å². The van der Waals surface area contributed by atoms with Gasteiger partial charge in [-0.1, -0.05) is 74.6 Å². The molecule has 1 aromatic heterocycles. The summed E-state index contributed by atoms with van der Waals surface area (Å²) >= 11 is 0. The van der Waals surface area contributed by atoms with Crippen molar-refractivity contribution in [1.29, 1.82) is 0 Å². The molecule has 1 aliphatic carbocycles. The molecule has 3 aromatic rings. The van der Waals surface area contributed by atoms with Crippen LogP contribution in [0.5, 0.6) is 0 Å². The largest absolute Gasteiger partial charge is 0.460 e. The molecule has 3 amide bonds. The number of nitrogens with one attached hydrogen (secondary N) is 3. The van der Waals surface area contributed by atoms with Crippen LogP contribution in [0.25, 0.3) is 0 Å². The molecule has 2 heterocycles. The third-order valence-corrected chi connectivity index (χ3v) is 12.5. The van der Waals surface area contributed by atoms with Gasteiger partial charge in [-0.25, -0.2) is 9.59 Å². The second-order valence-corrected chi connectivity index (χ2v) is 18.0. The van der Waals surface area contributed by atoms with Gasteiger partial charge in [0.05, 0.1) is 37.5 Å². The number of hydrogen-bond donors (Lipinski definition) is 3. The zero-order valence-corrected chi connectivity index (χ0v) is 25.4. The molecule has 0 radical (unpaired) electrons. The van der Waals surface area contributed by atoms with Gasteiger partial charge in [-0.15, -0.1) is 0 Å². The number of fused-ring (bicyclic) bond motifs is 1. The molecule has 1 unspecified atom stereocenters. The van der Waals surface area contributed by atoms with Crippen molar-refractivity contribution in [2.24, 2.45) is 0 Å². The fraction of sp³-hybridized carbons (Fsp3) is 0.419. The van der Waals surface area contributed by atoms with Crippen LogP contribution in [0.4, 0.5) is 10.6 Å². The first-order chi connectivity index (χ1) is 19.4. The predicted octanol–water partition coefficient (Wildman–Crippen LogP) is 5.97. The quantitative estimate of drug-likeness (QED) is 0.227. The summed E-state index contributed by atoms with van der Waals surface area (Å²) in [6.07, 6.45) is 2.90. The monoisotopic (exact) mass is 573 g/mol. The number of hydrogen-bond acceptors (Lipinski definition) is 5. The summed E-state index contributed by atoms with van der Waals surface area (Å²) in [5.74, 6) is 0.0860. The summed E-state index contributed by atoms with van der Waals surface area (Å²) in [5.41, 5.74) is 2.18. The van der Waals surface area contributed by atoms with Crippen molar-refractivity contribution < 1.29 is 19.1 Å². The maximum atomic E-state index is 13.8. The average Bonchev–Trinajstić information content (AvgIpc) is 3.43. The van der Waals surface area contributed by atoms with Crippen molar-refractivity contribution in [3.05, 3.63) is 83.0 Å². The van der Waals surface area contributed by atoms with E-state index in [9.17, 15) is 14.4 Å². The Bertz CT molecular complexity index is 1430. The van der Waals surface area contributed by atoms with Gasteiger partial charge < -0.3 is 20.3 Å². The van der Waals surface area contributed by atoms with E-state index in [0.717, 1.165) is 36.1 Å². The smallest absolute Gasteiger partial charge is 0.338 e. The van der Waals surface area contributed by atoms with Crippen molar-refractivity contribution in [1.82, 2.24) is 20.4 Å². The Labute approximate surface area is 242 Å². The summed E-state index contributed by atoms with van der Waals surface area (Å²) in [4.78, 5) is 41.6. The number of nitrogens with zero attached hydrogens (tertiary/aromatic N) is 2. The van der Waals surface area contributed by atoms with Crippen LogP contribution in [0.2, 0.25) is 24.7 Å². The molecule has 0 bridgehead atoms. The molecule has 1 atom stereocenters. The van der Waals surface area contributed by atoms with E-state index in [1.54, 1.807) is 29.2 Å². The van der Waals surface area contributed by atoms with Gasteiger partial charge in [0.25, 0.3) is 0 Å². The standard InChI is InChI=1S/C31H39N5O4Si/c1-30(2)25-23(26(35-34-25)33-28(38)31(17-12-18-31)41(3,4)5)19-36(30)29(39)32-24(21-13-8-6-9-14-21)20-40-27(37)22-15-10-7-11-16-22/h6-11,13-16,24H,12,17-20H2,1-5H3,(H,32,39)(H2,33,34,35,38). The van der Waals surface area contributed by atoms with Crippen molar-refractivity contribution >= 4 is 31.8 Å². The van der Waals surface area contributed by atoms with Gasteiger partial charge in [-0.2, -0.15) is 5.10 Å². The molecule has 2 aromatic carbocycles. The molecule has 10 heteroatoms. The highest BCUT2D eigenvalue weighted by atomic mass is 28.3. The number of urea groups is 1. The minimum Gasteiger partial charge on any atom is -0.460 e. The molecule has 1 saturated carbocycles. The maximum absolute atomic E-state index is 13.8. The second-order valence-electron chi connectivity index (χ2n) is 12.6. The number of anilines is 1. The first-order valence-electron chi connectivity index (χ1n) is 14.2. The maximum Gasteiger partial charge on any atom is 0.338 e. The van der Waals surface area contributed by atoms with E-state index in [1.165, 1.54) is 0 Å². The van der Waals surface area contributed by atoms with Gasteiger partial charge in [0, 0.05) is 10.6 Å². The molecule has 41 heavy (non-hydrogen) atoms. The Morgan fingerprint density at radius 2 is 1.66 bits per heavy atom. The fourth-order valence-corrected chi connectivity index (χ4v) is 8.57. The minimum absolute atomic E-state index is 0.0231. The Morgan fingerprint density at radius 1 is 1.02 bits per heavy atom. The van der Waals surface area contributed by atoms with Crippen molar-refractivity contribution in [3.63, 3.8) is 0 Å². The number of benzene rings is 2. The zero-order chi connectivity index (χ0) is 29.4. The van der Waals surface area contributed by atoms with E-state index in [-0.39, 0.29) is 30.1 Å². The number of amides is 3. The van der Waals surface area contributed by atoms with Gasteiger partial charge in [-0.05, 0) is 44.4 Å². The Hall–Kier alpha value is -3.92. The lowest BCUT2D eigenvalue weighted by atomic mass is 9.83. The number of esters is 1. The summed E-state index contributed by atoms with van der Waals surface area (Å²) < 4.78 is 5.61. The molecule has 0 spiro atoms. The van der Waals surface area contributed by atoms with Gasteiger partial charge in [0.15, 0.2) is 5.82 Å². The first kappa shape index (κ1) is 28.6. The number of ether oxygens (including phenoxy) is 1. The van der Waals surface area contributed by atoms with E-state index in [1.807, 2.05) is 50.2 Å². The predicted molar refractivity (Wildman–Crippen MR) is 160 cm³/mol. The zero-order valence-electron chi connectivity index (χ0n) is 24.4. The Morgan fingerprint density at radius 3 is 2.24 bits per heavy atom. The van der Waals surface area contributed by atoms with E-state index in [4.69, 9.17) is 4.74 Å². The molecular weight excluding hydrogens is 534 g/mol. The van der Waals surface area contributed by atoms with Gasteiger partial charge in [0.1, 0.15) is 6.61 Å². The van der Waals surface area contributed by atoms with Crippen molar-refractivity contribution in [2.45, 2.75) is 75.9 Å². The average molecular weight is 574 g/mol. The van der Waals surface area contributed by atoms with Gasteiger partial charge in [0.2, 0.25) is 5.91 Å². The molecule has 1 fully saturated rings. The molecule has 5 rings (SSSR count). The lowest BCUT2D eigenvalue weighted by Crippen LogP contribution is -2.52. The van der Waals surface area contributed by atoms with E-state index in [2.05, 4.69) is 40.5 Å². The molecular formula is C31H39N5O4Si. The molecule has 2 aliphatic rings. The third kappa shape index (κ3) is 5.28. The van der Waals surface area contributed by atoms with Crippen molar-refractivity contribution in [2.75, 3.05) is 11.9 Å². The molecule has 9 nitrogen and oxygen atoms in total. The van der Waals surface area contributed by atoms with Gasteiger partial charge >= 0.3 is 12.0 Å². The number of carbonyl (C=O) groups excluding carboxylic acids is 3. The number of carbonyl (C=O) groups is 3. The second kappa shape index (κ2) is 10.8. The number of rotatable bonds is 8. The van der Waals surface area contributed by atoms with Crippen LogP contribution in [0.3, 0.4) is 0 Å². The number of aromatic amines is 1. The highest BCUT2D eigenvalue weighted by molar-refractivity contribution is 6.83. The highest BCUT2D eigenvalue weighted by Gasteiger charge is 2.54. The molecule has 0 saturated heterocycles. The van der Waals surface area contributed by atoms with Crippen LogP contribution in [-0.4, -0.2) is 47.7 Å². The number of aromatic nitrogens is 2. The minimum atomic E-state index is -1.75. The summed E-state index contributed by atoms with van der Waals surface area (Å²) in [5, 5.41) is 13.5. The SMILES string of the molecule is CC1(C)c2[nH]nc(NC(=O)C3([Si](C)(C)C)CCC3)c2CN1C(=O)NC(COC(=O)c1ccccc1)c1ccccc1. The topological polar surface area (TPSA) is 116 Å².